The van der Waals surface area contributed by atoms with Crippen molar-refractivity contribution in [1.82, 2.24) is 0 Å². The zero-order chi connectivity index (χ0) is 9.19. The summed E-state index contributed by atoms with van der Waals surface area (Å²) in [6.45, 7) is 3.77. The zero-order valence-electron chi connectivity index (χ0n) is 7.26. The first-order chi connectivity index (χ1) is 5.61. The average Bonchev–Trinajstić information content (AvgIpc) is 2.02. The molecule has 0 aromatic carbocycles. The average molecular weight is 299 g/mol. The number of alkyl halides is 2. The number of ether oxygens (including phenoxy) is 1. The number of halogens is 2. The van der Waals surface area contributed by atoms with E-state index >= 15 is 0 Å². The van der Waals surface area contributed by atoms with Crippen LogP contribution in [0, 0.1) is 5.41 Å². The van der Waals surface area contributed by atoms with Crippen LogP contribution in [0.5, 0.6) is 0 Å². The highest BCUT2D eigenvalue weighted by Gasteiger charge is 2.40. The predicted octanol–water partition coefficient (Wildman–Crippen LogP) is 2.25. The Morgan fingerprint density at radius 2 is 2.33 bits per heavy atom. The first-order valence-electron chi connectivity index (χ1n) is 3.88. The summed E-state index contributed by atoms with van der Waals surface area (Å²) in [5.41, 5.74) is 0.108. The fourth-order valence-electron chi connectivity index (χ4n) is 1.28. The normalized spacial score (nSPS) is 41.7. The standard InChI is InChI=1S/C8H13Br2NO/c1-8(5-12-2)6(9)3-11-4-7(8)10/h3,6-7H,4-5H2,1-2H3. The second-order valence-electron chi connectivity index (χ2n) is 3.32. The number of hydrogen-bond donors (Lipinski definition) is 0. The molecule has 4 heteroatoms. The predicted molar refractivity (Wildman–Crippen MR) is 58.8 cm³/mol. The van der Waals surface area contributed by atoms with Gasteiger partial charge >= 0.3 is 0 Å². The first kappa shape index (κ1) is 10.7. The van der Waals surface area contributed by atoms with Gasteiger partial charge in [0.2, 0.25) is 0 Å². The first-order valence-corrected chi connectivity index (χ1v) is 5.71. The summed E-state index contributed by atoms with van der Waals surface area (Å²) in [6.07, 6.45) is 1.96. The highest BCUT2D eigenvalue weighted by molar-refractivity contribution is 9.10. The molecule has 0 saturated carbocycles. The summed E-state index contributed by atoms with van der Waals surface area (Å²) in [7, 11) is 1.73. The molecule has 0 amide bonds. The van der Waals surface area contributed by atoms with Crippen molar-refractivity contribution in [1.29, 1.82) is 0 Å². The third-order valence-electron chi connectivity index (χ3n) is 2.30. The maximum absolute atomic E-state index is 5.20. The lowest BCUT2D eigenvalue weighted by Crippen LogP contribution is -2.45. The lowest BCUT2D eigenvalue weighted by Gasteiger charge is -2.38. The van der Waals surface area contributed by atoms with Crippen molar-refractivity contribution in [2.24, 2.45) is 10.4 Å². The Kier molecular flexibility index (Phi) is 3.74. The minimum Gasteiger partial charge on any atom is -0.384 e. The Balaban J connectivity index is 2.76. The molecule has 3 unspecified atom stereocenters. The highest BCUT2D eigenvalue weighted by atomic mass is 79.9. The minimum absolute atomic E-state index is 0.108. The van der Waals surface area contributed by atoms with Gasteiger partial charge in [0.25, 0.3) is 0 Å². The van der Waals surface area contributed by atoms with Gasteiger partial charge in [-0.05, 0) is 0 Å². The van der Waals surface area contributed by atoms with Gasteiger partial charge in [0, 0.05) is 23.6 Å². The Morgan fingerprint density at radius 3 is 2.83 bits per heavy atom. The molecule has 0 N–H and O–H groups in total. The van der Waals surface area contributed by atoms with Crippen molar-refractivity contribution in [2.45, 2.75) is 16.6 Å². The van der Waals surface area contributed by atoms with Crippen molar-refractivity contribution in [3.05, 3.63) is 0 Å². The molecule has 1 aliphatic heterocycles. The van der Waals surface area contributed by atoms with Crippen molar-refractivity contribution < 1.29 is 4.74 Å². The Labute approximate surface area is 90.0 Å². The zero-order valence-corrected chi connectivity index (χ0v) is 10.4. The van der Waals surface area contributed by atoms with Crippen LogP contribution in [-0.2, 0) is 4.74 Å². The molecule has 0 aromatic heterocycles. The maximum Gasteiger partial charge on any atom is 0.0581 e. The largest absolute Gasteiger partial charge is 0.384 e. The van der Waals surface area contributed by atoms with Crippen LogP contribution >= 0.6 is 31.9 Å². The summed E-state index contributed by atoms with van der Waals surface area (Å²) in [5.74, 6) is 0. The summed E-state index contributed by atoms with van der Waals surface area (Å²) in [6, 6.07) is 0. The van der Waals surface area contributed by atoms with Gasteiger partial charge in [0.05, 0.1) is 18.0 Å². The SMILES string of the molecule is COCC1(C)C(Br)C=NCC1Br. The molecule has 70 valence electrons. The highest BCUT2D eigenvalue weighted by Crippen LogP contribution is 2.37. The molecule has 0 saturated heterocycles. The lowest BCUT2D eigenvalue weighted by molar-refractivity contribution is 0.0998. The number of rotatable bonds is 2. The van der Waals surface area contributed by atoms with Gasteiger partial charge in [-0.25, -0.2) is 0 Å². The fraction of sp³-hybridized carbons (Fsp3) is 0.875. The van der Waals surface area contributed by atoms with E-state index in [0.29, 0.717) is 9.65 Å². The lowest BCUT2D eigenvalue weighted by atomic mass is 9.83. The minimum atomic E-state index is 0.108. The number of methoxy groups -OCH3 is 1. The molecule has 0 bridgehead atoms. The fourth-order valence-corrected chi connectivity index (χ4v) is 2.84. The quantitative estimate of drug-likeness (QED) is 0.717. The van der Waals surface area contributed by atoms with Crippen molar-refractivity contribution in [3.63, 3.8) is 0 Å². The molecular weight excluding hydrogens is 286 g/mol. The van der Waals surface area contributed by atoms with E-state index in [9.17, 15) is 0 Å². The molecule has 2 nitrogen and oxygen atoms in total. The molecule has 1 heterocycles. The summed E-state index contributed by atoms with van der Waals surface area (Å²) < 4.78 is 5.20. The van der Waals surface area contributed by atoms with Crippen molar-refractivity contribution in [3.8, 4) is 0 Å². The van der Waals surface area contributed by atoms with E-state index in [0.717, 1.165) is 13.2 Å². The van der Waals surface area contributed by atoms with Gasteiger partial charge in [-0.2, -0.15) is 0 Å². The molecule has 1 aliphatic rings. The smallest absolute Gasteiger partial charge is 0.0581 e. The van der Waals surface area contributed by atoms with Gasteiger partial charge in [-0.15, -0.1) is 0 Å². The molecule has 0 aromatic rings. The van der Waals surface area contributed by atoms with E-state index in [-0.39, 0.29) is 5.41 Å². The van der Waals surface area contributed by atoms with E-state index in [4.69, 9.17) is 4.74 Å². The second-order valence-corrected chi connectivity index (χ2v) is 5.41. The van der Waals surface area contributed by atoms with E-state index in [1.165, 1.54) is 0 Å². The number of nitrogens with zero attached hydrogens (tertiary/aromatic N) is 1. The Hall–Kier alpha value is 0.590. The van der Waals surface area contributed by atoms with Gasteiger partial charge < -0.3 is 4.74 Å². The second kappa shape index (κ2) is 4.20. The van der Waals surface area contributed by atoms with E-state index in [2.05, 4.69) is 43.8 Å². The van der Waals surface area contributed by atoms with Crippen LogP contribution in [0.25, 0.3) is 0 Å². The monoisotopic (exact) mass is 297 g/mol. The summed E-state index contributed by atoms with van der Waals surface area (Å²) in [5, 5.41) is 0. The van der Waals surface area contributed by atoms with Gasteiger partial charge in [0.1, 0.15) is 0 Å². The van der Waals surface area contributed by atoms with Gasteiger partial charge in [-0.3, -0.25) is 4.99 Å². The molecule has 0 aliphatic carbocycles. The van der Waals surface area contributed by atoms with Crippen LogP contribution in [-0.4, -0.2) is 36.1 Å². The molecule has 3 atom stereocenters. The molecular formula is C8H13Br2NO. The molecule has 0 spiro atoms. The van der Waals surface area contributed by atoms with Crippen LogP contribution in [0.15, 0.2) is 4.99 Å². The Bertz CT molecular complexity index is 186. The molecule has 0 fully saturated rings. The summed E-state index contributed by atoms with van der Waals surface area (Å²) >= 11 is 7.22. The third kappa shape index (κ3) is 1.91. The van der Waals surface area contributed by atoms with Crippen LogP contribution in [0.2, 0.25) is 0 Å². The molecule has 0 radical (unpaired) electrons. The van der Waals surface area contributed by atoms with E-state index in [1.54, 1.807) is 7.11 Å². The van der Waals surface area contributed by atoms with Crippen LogP contribution < -0.4 is 0 Å². The molecule has 1 rings (SSSR count). The van der Waals surface area contributed by atoms with Crippen LogP contribution in [0.3, 0.4) is 0 Å². The van der Waals surface area contributed by atoms with Crippen LogP contribution in [0.4, 0.5) is 0 Å². The maximum atomic E-state index is 5.20. The third-order valence-corrected chi connectivity index (χ3v) is 4.92. The summed E-state index contributed by atoms with van der Waals surface area (Å²) in [4.78, 5) is 4.93. The van der Waals surface area contributed by atoms with Crippen molar-refractivity contribution in [2.75, 3.05) is 20.3 Å². The number of hydrogen-bond acceptors (Lipinski definition) is 2. The van der Waals surface area contributed by atoms with Gasteiger partial charge in [0.15, 0.2) is 0 Å². The Morgan fingerprint density at radius 1 is 1.67 bits per heavy atom. The van der Waals surface area contributed by atoms with E-state index < -0.39 is 0 Å². The van der Waals surface area contributed by atoms with Crippen molar-refractivity contribution >= 4 is 38.1 Å². The van der Waals surface area contributed by atoms with Crippen LogP contribution in [0.1, 0.15) is 6.92 Å². The van der Waals surface area contributed by atoms with E-state index in [1.807, 2.05) is 6.21 Å². The molecule has 12 heavy (non-hydrogen) atoms. The van der Waals surface area contributed by atoms with Gasteiger partial charge in [-0.1, -0.05) is 38.8 Å². The number of aliphatic imine (C=N–C) groups is 1. The topological polar surface area (TPSA) is 21.6 Å².